The second-order valence-corrected chi connectivity index (χ2v) is 8.85. The topological polar surface area (TPSA) is 113 Å². The highest BCUT2D eigenvalue weighted by atomic mass is 16.5. The molecule has 2 aromatic carbocycles. The van der Waals surface area contributed by atoms with Crippen LogP contribution >= 0.6 is 0 Å². The highest BCUT2D eigenvalue weighted by molar-refractivity contribution is 5.91. The summed E-state index contributed by atoms with van der Waals surface area (Å²) >= 11 is 0. The van der Waals surface area contributed by atoms with Crippen molar-refractivity contribution in [2.24, 2.45) is 5.92 Å². The monoisotopic (exact) mass is 475 g/mol. The molecule has 3 aromatic rings. The Morgan fingerprint density at radius 1 is 1.14 bits per heavy atom. The van der Waals surface area contributed by atoms with Crippen molar-refractivity contribution in [3.8, 4) is 5.75 Å². The van der Waals surface area contributed by atoms with E-state index in [1.54, 1.807) is 22.9 Å². The zero-order valence-corrected chi connectivity index (χ0v) is 19.9. The van der Waals surface area contributed by atoms with Crippen LogP contribution in [0.15, 0.2) is 54.6 Å². The van der Waals surface area contributed by atoms with Gasteiger partial charge in [0.05, 0.1) is 17.3 Å². The number of fused-ring (bicyclic) bond motifs is 1. The Morgan fingerprint density at radius 2 is 1.94 bits per heavy atom. The second kappa shape index (κ2) is 9.40. The summed E-state index contributed by atoms with van der Waals surface area (Å²) in [4.78, 5) is 25.6. The van der Waals surface area contributed by atoms with Gasteiger partial charge in [0.1, 0.15) is 17.7 Å². The van der Waals surface area contributed by atoms with E-state index in [0.717, 1.165) is 11.3 Å². The number of hydrogen-bond acceptors (Lipinski definition) is 7. The van der Waals surface area contributed by atoms with Gasteiger partial charge in [-0.15, -0.1) is 0 Å². The first-order chi connectivity index (χ1) is 16.9. The standard InChI is InChI=1S/C25H29N7O3/c1-15-8-7-11-20(17(15)3)31-23-19(13-26-31)24(34)29-25(28-23)32-21(12-16(2)30-32)27-22(33)14-35-18-9-5-4-6-10-18/h4-12,19,23,25-26,28H,13-14H2,1-3H3,(H,27,33)(H,29,34). The quantitative estimate of drug-likeness (QED) is 0.431. The number of aryl methyl sites for hydroxylation is 2. The number of nitrogens with zero attached hydrogens (tertiary/aromatic N) is 3. The Balaban J connectivity index is 1.33. The SMILES string of the molecule is Cc1cc(NC(=O)COc2ccccc2)n(C2NC(=O)C3CNN(c4cccc(C)c4C)C3N2)n1. The molecule has 0 aliphatic carbocycles. The van der Waals surface area contributed by atoms with E-state index in [9.17, 15) is 9.59 Å². The summed E-state index contributed by atoms with van der Waals surface area (Å²) in [5.41, 5.74) is 7.41. The first-order valence-electron chi connectivity index (χ1n) is 11.6. The van der Waals surface area contributed by atoms with E-state index in [1.807, 2.05) is 42.3 Å². The summed E-state index contributed by atoms with van der Waals surface area (Å²) < 4.78 is 7.13. The van der Waals surface area contributed by atoms with Crippen molar-refractivity contribution in [3.05, 3.63) is 71.4 Å². The van der Waals surface area contributed by atoms with Crippen LogP contribution in [0.5, 0.6) is 5.75 Å². The molecule has 10 heteroatoms. The third kappa shape index (κ3) is 4.58. The van der Waals surface area contributed by atoms with E-state index in [-0.39, 0.29) is 30.5 Å². The fourth-order valence-electron chi connectivity index (χ4n) is 4.47. The minimum absolute atomic E-state index is 0.0862. The molecule has 2 amide bonds. The predicted molar refractivity (Wildman–Crippen MR) is 132 cm³/mol. The number of hydrogen-bond donors (Lipinski definition) is 4. The van der Waals surface area contributed by atoms with Gasteiger partial charge in [-0.05, 0) is 50.1 Å². The molecule has 10 nitrogen and oxygen atoms in total. The fourth-order valence-corrected chi connectivity index (χ4v) is 4.47. The van der Waals surface area contributed by atoms with E-state index in [2.05, 4.69) is 46.4 Å². The maximum absolute atomic E-state index is 13.0. The Labute approximate surface area is 203 Å². The summed E-state index contributed by atoms with van der Waals surface area (Å²) in [5, 5.41) is 15.9. The van der Waals surface area contributed by atoms with Crippen molar-refractivity contribution in [1.82, 2.24) is 25.8 Å². The molecule has 0 spiro atoms. The average molecular weight is 476 g/mol. The van der Waals surface area contributed by atoms with Crippen molar-refractivity contribution < 1.29 is 14.3 Å². The largest absolute Gasteiger partial charge is 0.484 e. The molecule has 3 unspecified atom stereocenters. The van der Waals surface area contributed by atoms with Gasteiger partial charge in [-0.1, -0.05) is 30.3 Å². The number of hydrazine groups is 1. The second-order valence-electron chi connectivity index (χ2n) is 8.85. The lowest BCUT2D eigenvalue weighted by Crippen LogP contribution is -2.62. The van der Waals surface area contributed by atoms with Gasteiger partial charge in [0.15, 0.2) is 12.9 Å². The number of rotatable bonds is 6. The van der Waals surface area contributed by atoms with Gasteiger partial charge in [-0.2, -0.15) is 5.10 Å². The number of aromatic nitrogens is 2. The van der Waals surface area contributed by atoms with Crippen molar-refractivity contribution in [2.45, 2.75) is 33.2 Å². The van der Waals surface area contributed by atoms with Crippen LogP contribution in [-0.4, -0.2) is 40.9 Å². The van der Waals surface area contributed by atoms with Crippen LogP contribution in [0.4, 0.5) is 11.5 Å². The van der Waals surface area contributed by atoms with Crippen LogP contribution in [0, 0.1) is 26.7 Å². The normalized spacial score (nSPS) is 21.4. The number of nitrogens with one attached hydrogen (secondary N) is 4. The molecule has 1 aromatic heterocycles. The van der Waals surface area contributed by atoms with Crippen LogP contribution in [0.25, 0.3) is 0 Å². The minimum atomic E-state index is -0.643. The molecule has 2 aliphatic rings. The van der Waals surface area contributed by atoms with E-state index in [4.69, 9.17) is 4.74 Å². The van der Waals surface area contributed by atoms with E-state index < -0.39 is 6.29 Å². The van der Waals surface area contributed by atoms with Crippen molar-refractivity contribution in [3.63, 3.8) is 0 Å². The molecule has 0 bridgehead atoms. The zero-order chi connectivity index (χ0) is 24.5. The number of para-hydroxylation sites is 1. The van der Waals surface area contributed by atoms with Crippen molar-refractivity contribution >= 4 is 23.3 Å². The molecule has 2 saturated heterocycles. The van der Waals surface area contributed by atoms with Gasteiger partial charge in [0, 0.05) is 12.6 Å². The lowest BCUT2D eigenvalue weighted by Gasteiger charge is -2.38. The number of ether oxygens (including phenoxy) is 1. The molecular formula is C25H29N7O3. The summed E-state index contributed by atoms with van der Waals surface area (Å²) in [6, 6.07) is 17.0. The average Bonchev–Trinajstić information content (AvgIpc) is 3.43. The van der Waals surface area contributed by atoms with Gasteiger partial charge in [0.25, 0.3) is 5.91 Å². The maximum Gasteiger partial charge on any atom is 0.263 e. The Hall–Kier alpha value is -3.89. The number of anilines is 2. The minimum Gasteiger partial charge on any atom is -0.484 e. The van der Waals surface area contributed by atoms with Gasteiger partial charge < -0.3 is 15.4 Å². The lowest BCUT2D eigenvalue weighted by atomic mass is 10.0. The van der Waals surface area contributed by atoms with Crippen LogP contribution < -0.4 is 31.1 Å². The van der Waals surface area contributed by atoms with Crippen LogP contribution in [-0.2, 0) is 9.59 Å². The number of carbonyl (C=O) groups excluding carboxylic acids is 2. The molecule has 0 radical (unpaired) electrons. The van der Waals surface area contributed by atoms with Crippen LogP contribution in [0.3, 0.4) is 0 Å². The van der Waals surface area contributed by atoms with Gasteiger partial charge in [0.2, 0.25) is 5.91 Å². The number of benzene rings is 2. The molecule has 2 fully saturated rings. The van der Waals surface area contributed by atoms with Crippen LogP contribution in [0.1, 0.15) is 23.1 Å². The first kappa shape index (κ1) is 22.9. The fraction of sp³-hybridized carbons (Fsp3) is 0.320. The van der Waals surface area contributed by atoms with E-state index in [0.29, 0.717) is 23.8 Å². The van der Waals surface area contributed by atoms with Gasteiger partial charge >= 0.3 is 0 Å². The van der Waals surface area contributed by atoms with Gasteiger partial charge in [-0.25, -0.2) is 10.1 Å². The summed E-state index contributed by atoms with van der Waals surface area (Å²) in [6.45, 7) is 6.34. The zero-order valence-electron chi connectivity index (χ0n) is 19.9. The molecule has 35 heavy (non-hydrogen) atoms. The highest BCUT2D eigenvalue weighted by Gasteiger charge is 2.45. The number of amides is 2. The lowest BCUT2D eigenvalue weighted by molar-refractivity contribution is -0.129. The molecule has 182 valence electrons. The summed E-state index contributed by atoms with van der Waals surface area (Å²) in [5.74, 6) is 0.385. The Morgan fingerprint density at radius 3 is 2.74 bits per heavy atom. The van der Waals surface area contributed by atoms with E-state index >= 15 is 0 Å². The first-order valence-corrected chi connectivity index (χ1v) is 11.6. The predicted octanol–water partition coefficient (Wildman–Crippen LogP) is 1.97. The molecule has 5 rings (SSSR count). The smallest absolute Gasteiger partial charge is 0.263 e. The number of carbonyl (C=O) groups is 2. The maximum atomic E-state index is 13.0. The Kier molecular flexibility index (Phi) is 6.14. The molecular weight excluding hydrogens is 446 g/mol. The van der Waals surface area contributed by atoms with Crippen molar-refractivity contribution in [1.29, 1.82) is 0 Å². The third-order valence-corrected chi connectivity index (χ3v) is 6.40. The summed E-state index contributed by atoms with van der Waals surface area (Å²) in [7, 11) is 0. The highest BCUT2D eigenvalue weighted by Crippen LogP contribution is 2.30. The van der Waals surface area contributed by atoms with Gasteiger partial charge in [-0.3, -0.25) is 19.9 Å². The van der Waals surface area contributed by atoms with Crippen LogP contribution in [0.2, 0.25) is 0 Å². The molecule has 3 heterocycles. The summed E-state index contributed by atoms with van der Waals surface area (Å²) in [6.07, 6.45) is -0.931. The van der Waals surface area contributed by atoms with E-state index in [1.165, 1.54) is 5.56 Å². The molecule has 2 aliphatic heterocycles. The Bertz CT molecular complexity index is 1240. The third-order valence-electron chi connectivity index (χ3n) is 6.40. The van der Waals surface area contributed by atoms with Crippen molar-refractivity contribution in [2.75, 3.05) is 23.5 Å². The molecule has 4 N–H and O–H groups in total. The molecule has 0 saturated carbocycles. The molecule has 3 atom stereocenters.